The van der Waals surface area contributed by atoms with Gasteiger partial charge < -0.3 is 9.15 Å². The summed E-state index contributed by atoms with van der Waals surface area (Å²) in [6.07, 6.45) is 0. The van der Waals surface area contributed by atoms with E-state index in [2.05, 4.69) is 10.2 Å². The Labute approximate surface area is 158 Å². The fraction of sp³-hybridized carbons (Fsp3) is 0.118. The van der Waals surface area contributed by atoms with Crippen LogP contribution in [0.15, 0.2) is 58.2 Å². The van der Waals surface area contributed by atoms with Gasteiger partial charge in [-0.2, -0.15) is 0 Å². The van der Waals surface area contributed by atoms with E-state index in [4.69, 9.17) is 32.4 Å². The third-order valence-corrected chi connectivity index (χ3v) is 4.57. The van der Waals surface area contributed by atoms with Crippen LogP contribution in [0.25, 0.3) is 11.5 Å². The van der Waals surface area contributed by atoms with Crippen LogP contribution >= 0.6 is 35.0 Å². The van der Waals surface area contributed by atoms with Crippen molar-refractivity contribution >= 4 is 40.9 Å². The minimum absolute atomic E-state index is 0.0622. The van der Waals surface area contributed by atoms with Crippen LogP contribution < -0.4 is 0 Å². The summed E-state index contributed by atoms with van der Waals surface area (Å²) in [6.45, 7) is 0.124. The van der Waals surface area contributed by atoms with Crippen molar-refractivity contribution in [3.63, 3.8) is 0 Å². The second-order valence-corrected chi connectivity index (χ2v) is 6.69. The van der Waals surface area contributed by atoms with Gasteiger partial charge in [-0.1, -0.05) is 53.2 Å². The summed E-state index contributed by atoms with van der Waals surface area (Å²) < 4.78 is 10.7. The number of thioether (sulfide) groups is 1. The zero-order valence-corrected chi connectivity index (χ0v) is 15.1. The third kappa shape index (κ3) is 4.98. The summed E-state index contributed by atoms with van der Waals surface area (Å²) in [5, 5.41) is 9.33. The Morgan fingerprint density at radius 3 is 2.60 bits per heavy atom. The van der Waals surface area contributed by atoms with Crippen molar-refractivity contribution in [3.05, 3.63) is 64.1 Å². The lowest BCUT2D eigenvalue weighted by Crippen LogP contribution is -2.07. The lowest BCUT2D eigenvalue weighted by atomic mass is 10.2. The SMILES string of the molecule is O=C(CSc1nnc(-c2ccc(Cl)cc2)o1)OCc1ccccc1Cl. The van der Waals surface area contributed by atoms with Gasteiger partial charge in [0.2, 0.25) is 5.89 Å². The van der Waals surface area contributed by atoms with Crippen LogP contribution in [0.1, 0.15) is 5.56 Å². The van der Waals surface area contributed by atoms with Crippen molar-refractivity contribution in [1.29, 1.82) is 0 Å². The topological polar surface area (TPSA) is 65.2 Å². The van der Waals surface area contributed by atoms with Gasteiger partial charge in [-0.05, 0) is 30.3 Å². The first kappa shape index (κ1) is 17.8. The molecule has 0 unspecified atom stereocenters. The first-order valence-corrected chi connectivity index (χ1v) is 8.97. The maximum absolute atomic E-state index is 11.8. The Bertz CT molecular complexity index is 868. The molecular weight excluding hydrogens is 383 g/mol. The zero-order valence-electron chi connectivity index (χ0n) is 12.8. The number of hydrogen-bond donors (Lipinski definition) is 0. The monoisotopic (exact) mass is 394 g/mol. The highest BCUT2D eigenvalue weighted by molar-refractivity contribution is 7.99. The maximum Gasteiger partial charge on any atom is 0.316 e. The molecule has 3 rings (SSSR count). The number of nitrogens with zero attached hydrogens (tertiary/aromatic N) is 2. The van der Waals surface area contributed by atoms with E-state index in [0.29, 0.717) is 21.2 Å². The second kappa shape index (κ2) is 8.38. The maximum atomic E-state index is 11.8. The summed E-state index contributed by atoms with van der Waals surface area (Å²) in [4.78, 5) is 11.8. The number of benzene rings is 2. The van der Waals surface area contributed by atoms with E-state index in [1.165, 1.54) is 0 Å². The lowest BCUT2D eigenvalue weighted by Gasteiger charge is -2.05. The standard InChI is InChI=1S/C17H12Cl2N2O3S/c18-13-7-5-11(6-8-13)16-20-21-17(24-16)25-10-15(22)23-9-12-3-1-2-4-14(12)19/h1-8H,9-10H2. The van der Waals surface area contributed by atoms with Crippen molar-refractivity contribution < 1.29 is 13.9 Å². The predicted octanol–water partition coefficient (Wildman–Crippen LogP) is 4.88. The molecule has 0 amide bonds. The van der Waals surface area contributed by atoms with E-state index in [1.807, 2.05) is 12.1 Å². The van der Waals surface area contributed by atoms with Crippen LogP contribution in [-0.2, 0) is 16.1 Å². The minimum atomic E-state index is -0.392. The first-order chi connectivity index (χ1) is 12.1. The minimum Gasteiger partial charge on any atom is -0.460 e. The molecule has 0 N–H and O–H groups in total. The van der Waals surface area contributed by atoms with E-state index in [9.17, 15) is 4.79 Å². The van der Waals surface area contributed by atoms with Gasteiger partial charge in [0.05, 0.1) is 0 Å². The number of halogens is 2. The highest BCUT2D eigenvalue weighted by Crippen LogP contribution is 2.24. The van der Waals surface area contributed by atoms with Crippen molar-refractivity contribution in [2.75, 3.05) is 5.75 Å². The Balaban J connectivity index is 1.51. The molecule has 1 heterocycles. The number of esters is 1. The predicted molar refractivity (Wildman–Crippen MR) is 96.7 cm³/mol. The molecule has 0 aliphatic rings. The third-order valence-electron chi connectivity index (χ3n) is 3.16. The molecule has 0 spiro atoms. The van der Waals surface area contributed by atoms with Crippen molar-refractivity contribution in [3.8, 4) is 11.5 Å². The van der Waals surface area contributed by atoms with E-state index in [-0.39, 0.29) is 12.4 Å². The first-order valence-electron chi connectivity index (χ1n) is 7.23. The lowest BCUT2D eigenvalue weighted by molar-refractivity contribution is -0.141. The van der Waals surface area contributed by atoms with Crippen LogP contribution in [0.4, 0.5) is 0 Å². The average molecular weight is 395 g/mol. The number of hydrogen-bond acceptors (Lipinski definition) is 6. The highest BCUT2D eigenvalue weighted by atomic mass is 35.5. The molecule has 0 saturated heterocycles. The average Bonchev–Trinajstić information content (AvgIpc) is 3.09. The molecule has 8 heteroatoms. The second-order valence-electron chi connectivity index (χ2n) is 4.92. The molecule has 0 atom stereocenters. The molecule has 0 aliphatic heterocycles. The molecule has 5 nitrogen and oxygen atoms in total. The summed E-state index contributed by atoms with van der Waals surface area (Å²) >= 11 is 13.0. The summed E-state index contributed by atoms with van der Waals surface area (Å²) in [6, 6.07) is 14.2. The Morgan fingerprint density at radius 1 is 1.08 bits per heavy atom. The quantitative estimate of drug-likeness (QED) is 0.438. The summed E-state index contributed by atoms with van der Waals surface area (Å²) in [7, 11) is 0. The van der Waals surface area contributed by atoms with Gasteiger partial charge in [0.25, 0.3) is 5.22 Å². The highest BCUT2D eigenvalue weighted by Gasteiger charge is 2.12. The Hall–Kier alpha value is -2.02. The summed E-state index contributed by atoms with van der Waals surface area (Å²) in [5.74, 6) is 0.0342. The largest absolute Gasteiger partial charge is 0.460 e. The fourth-order valence-corrected chi connectivity index (χ4v) is 2.79. The van der Waals surface area contributed by atoms with Crippen molar-refractivity contribution in [2.45, 2.75) is 11.8 Å². The molecule has 0 aliphatic carbocycles. The normalized spacial score (nSPS) is 10.6. The van der Waals surface area contributed by atoms with Gasteiger partial charge in [0, 0.05) is 21.2 Å². The summed E-state index contributed by atoms with van der Waals surface area (Å²) in [5.41, 5.74) is 1.51. The van der Waals surface area contributed by atoms with Crippen LogP contribution in [0.2, 0.25) is 10.0 Å². The number of ether oxygens (including phenoxy) is 1. The van der Waals surface area contributed by atoms with E-state index in [1.54, 1.807) is 36.4 Å². The van der Waals surface area contributed by atoms with Gasteiger partial charge in [0.15, 0.2) is 0 Å². The van der Waals surface area contributed by atoms with Gasteiger partial charge in [-0.3, -0.25) is 4.79 Å². The molecule has 0 fully saturated rings. The molecule has 0 bridgehead atoms. The molecule has 1 aromatic heterocycles. The number of carbonyl (C=O) groups is 1. The van der Waals surface area contributed by atoms with Crippen LogP contribution in [-0.4, -0.2) is 21.9 Å². The Kier molecular flexibility index (Phi) is 5.96. The molecule has 0 radical (unpaired) electrons. The number of aromatic nitrogens is 2. The van der Waals surface area contributed by atoms with Crippen molar-refractivity contribution in [2.24, 2.45) is 0 Å². The molecule has 0 saturated carbocycles. The molecule has 128 valence electrons. The van der Waals surface area contributed by atoms with E-state index < -0.39 is 5.97 Å². The van der Waals surface area contributed by atoms with Gasteiger partial charge in [-0.25, -0.2) is 0 Å². The van der Waals surface area contributed by atoms with E-state index in [0.717, 1.165) is 22.9 Å². The molecule has 2 aromatic carbocycles. The zero-order chi connectivity index (χ0) is 17.6. The van der Waals surface area contributed by atoms with Gasteiger partial charge >= 0.3 is 5.97 Å². The molecule has 25 heavy (non-hydrogen) atoms. The number of rotatable bonds is 6. The van der Waals surface area contributed by atoms with Gasteiger partial charge in [-0.15, -0.1) is 10.2 Å². The van der Waals surface area contributed by atoms with Crippen LogP contribution in [0, 0.1) is 0 Å². The van der Waals surface area contributed by atoms with E-state index >= 15 is 0 Å². The van der Waals surface area contributed by atoms with Crippen LogP contribution in [0.3, 0.4) is 0 Å². The van der Waals surface area contributed by atoms with Gasteiger partial charge in [0.1, 0.15) is 12.4 Å². The molecule has 3 aromatic rings. The smallest absolute Gasteiger partial charge is 0.316 e. The Morgan fingerprint density at radius 2 is 1.84 bits per heavy atom. The number of carbonyl (C=O) groups excluding carboxylic acids is 1. The fourth-order valence-electron chi connectivity index (χ4n) is 1.91. The van der Waals surface area contributed by atoms with Crippen LogP contribution in [0.5, 0.6) is 0 Å². The van der Waals surface area contributed by atoms with Crippen molar-refractivity contribution in [1.82, 2.24) is 10.2 Å². The molecular formula is C17H12Cl2N2O3S.